The lowest BCUT2D eigenvalue weighted by Crippen LogP contribution is -2.22. The summed E-state index contributed by atoms with van der Waals surface area (Å²) < 4.78 is 5.26. The average molecular weight is 210 g/mol. The highest BCUT2D eigenvalue weighted by Crippen LogP contribution is 2.29. The first kappa shape index (κ1) is 12.3. The Hall–Kier alpha value is -0.790. The fourth-order valence-electron chi connectivity index (χ4n) is 1.82. The Labute approximate surface area is 92.7 Å². The van der Waals surface area contributed by atoms with Crippen molar-refractivity contribution in [3.63, 3.8) is 0 Å². The lowest BCUT2D eigenvalue weighted by atomic mass is 9.85. The highest BCUT2D eigenvalue weighted by molar-refractivity contribution is 5.73. The number of ether oxygens (including phenoxy) is 1. The van der Waals surface area contributed by atoms with Crippen molar-refractivity contribution in [3.8, 4) is 0 Å². The molecule has 0 bridgehead atoms. The van der Waals surface area contributed by atoms with Gasteiger partial charge in [0.25, 0.3) is 0 Å². The van der Waals surface area contributed by atoms with E-state index in [-0.39, 0.29) is 11.9 Å². The van der Waals surface area contributed by atoms with Crippen molar-refractivity contribution in [2.45, 2.75) is 47.0 Å². The minimum Gasteiger partial charge on any atom is -0.465 e. The summed E-state index contributed by atoms with van der Waals surface area (Å²) >= 11 is 0. The molecular weight excluding hydrogens is 188 g/mol. The van der Waals surface area contributed by atoms with Gasteiger partial charge in [-0.1, -0.05) is 25.0 Å². The van der Waals surface area contributed by atoms with Gasteiger partial charge in [-0.25, -0.2) is 0 Å². The molecule has 1 unspecified atom stereocenters. The molecule has 1 rings (SSSR count). The molecule has 0 aliphatic heterocycles. The largest absolute Gasteiger partial charge is 0.465 e. The Morgan fingerprint density at radius 1 is 1.40 bits per heavy atom. The Kier molecular flexibility index (Phi) is 4.37. The standard InChI is InChI=1S/C13H22O2/c1-9(2)8-15-13(14)12-6-5-10(3)11(4)7-12/h9,12H,5-8H2,1-4H3. The van der Waals surface area contributed by atoms with Gasteiger partial charge in [0.05, 0.1) is 12.5 Å². The van der Waals surface area contributed by atoms with Crippen molar-refractivity contribution in [2.24, 2.45) is 11.8 Å². The monoisotopic (exact) mass is 210 g/mol. The first-order valence-electron chi connectivity index (χ1n) is 5.82. The van der Waals surface area contributed by atoms with Crippen LogP contribution in [0.3, 0.4) is 0 Å². The van der Waals surface area contributed by atoms with Gasteiger partial charge < -0.3 is 4.74 Å². The minimum absolute atomic E-state index is 0.00412. The number of hydrogen-bond donors (Lipinski definition) is 0. The zero-order chi connectivity index (χ0) is 11.4. The second kappa shape index (κ2) is 5.34. The van der Waals surface area contributed by atoms with Gasteiger partial charge in [-0.2, -0.15) is 0 Å². The van der Waals surface area contributed by atoms with Crippen molar-refractivity contribution in [1.82, 2.24) is 0 Å². The van der Waals surface area contributed by atoms with Gasteiger partial charge in [-0.05, 0) is 39.0 Å². The Bertz CT molecular complexity index is 264. The highest BCUT2D eigenvalue weighted by atomic mass is 16.5. The summed E-state index contributed by atoms with van der Waals surface area (Å²) in [5, 5.41) is 0. The lowest BCUT2D eigenvalue weighted by molar-refractivity contribution is -0.150. The van der Waals surface area contributed by atoms with Crippen molar-refractivity contribution in [2.75, 3.05) is 6.61 Å². The Balaban J connectivity index is 2.42. The maximum Gasteiger partial charge on any atom is 0.309 e. The molecule has 1 aliphatic carbocycles. The van der Waals surface area contributed by atoms with Crippen LogP contribution < -0.4 is 0 Å². The molecule has 2 nitrogen and oxygen atoms in total. The van der Waals surface area contributed by atoms with Crippen molar-refractivity contribution in [1.29, 1.82) is 0 Å². The molecule has 15 heavy (non-hydrogen) atoms. The van der Waals surface area contributed by atoms with Crippen LogP contribution in [0.25, 0.3) is 0 Å². The van der Waals surface area contributed by atoms with Crippen LogP contribution in [0.2, 0.25) is 0 Å². The fraction of sp³-hybridized carbons (Fsp3) is 0.769. The molecule has 0 spiro atoms. The molecule has 1 aliphatic rings. The molecule has 0 N–H and O–H groups in total. The van der Waals surface area contributed by atoms with Crippen molar-refractivity contribution >= 4 is 5.97 Å². The number of hydrogen-bond acceptors (Lipinski definition) is 2. The molecule has 0 saturated heterocycles. The molecule has 0 saturated carbocycles. The van der Waals surface area contributed by atoms with Gasteiger partial charge in [-0.3, -0.25) is 4.79 Å². The summed E-state index contributed by atoms with van der Waals surface area (Å²) in [4.78, 5) is 11.7. The SMILES string of the molecule is CC1=C(C)CC(C(=O)OCC(C)C)CC1. The van der Waals surface area contributed by atoms with E-state index in [1.54, 1.807) is 0 Å². The smallest absolute Gasteiger partial charge is 0.309 e. The van der Waals surface area contributed by atoms with E-state index in [0.29, 0.717) is 12.5 Å². The van der Waals surface area contributed by atoms with E-state index in [4.69, 9.17) is 4.74 Å². The van der Waals surface area contributed by atoms with Crippen LogP contribution in [0.1, 0.15) is 47.0 Å². The predicted octanol–water partition coefficient (Wildman–Crippen LogP) is 3.32. The van der Waals surface area contributed by atoms with Crippen LogP contribution in [-0.2, 0) is 9.53 Å². The van der Waals surface area contributed by atoms with E-state index in [1.165, 1.54) is 11.1 Å². The van der Waals surface area contributed by atoms with Gasteiger partial charge in [-0.15, -0.1) is 0 Å². The summed E-state index contributed by atoms with van der Waals surface area (Å²) in [5.74, 6) is 0.527. The fourth-order valence-corrected chi connectivity index (χ4v) is 1.82. The maximum atomic E-state index is 11.7. The second-order valence-electron chi connectivity index (χ2n) is 5.02. The summed E-state index contributed by atoms with van der Waals surface area (Å²) in [6.45, 7) is 8.95. The van der Waals surface area contributed by atoms with E-state index in [1.807, 2.05) is 0 Å². The van der Waals surface area contributed by atoms with Gasteiger partial charge in [0, 0.05) is 0 Å². The van der Waals surface area contributed by atoms with Gasteiger partial charge in [0.15, 0.2) is 0 Å². The van der Waals surface area contributed by atoms with Gasteiger partial charge in [0.2, 0.25) is 0 Å². The van der Waals surface area contributed by atoms with E-state index >= 15 is 0 Å². The van der Waals surface area contributed by atoms with E-state index in [2.05, 4.69) is 27.7 Å². The van der Waals surface area contributed by atoms with Gasteiger partial charge in [0.1, 0.15) is 0 Å². The molecule has 1 atom stereocenters. The van der Waals surface area contributed by atoms with Crippen LogP contribution in [0.5, 0.6) is 0 Å². The normalized spacial score (nSPS) is 22.1. The average Bonchev–Trinajstić information content (AvgIpc) is 2.18. The Morgan fingerprint density at radius 3 is 2.60 bits per heavy atom. The lowest BCUT2D eigenvalue weighted by Gasteiger charge is -2.23. The predicted molar refractivity (Wildman–Crippen MR) is 61.5 cm³/mol. The summed E-state index contributed by atoms with van der Waals surface area (Å²) in [6, 6.07) is 0. The molecule has 0 aromatic heterocycles. The number of carbonyl (C=O) groups excluding carboxylic acids is 1. The first-order chi connectivity index (χ1) is 7.00. The second-order valence-corrected chi connectivity index (χ2v) is 5.02. The Morgan fingerprint density at radius 2 is 2.07 bits per heavy atom. The zero-order valence-corrected chi connectivity index (χ0v) is 10.3. The summed E-state index contributed by atoms with van der Waals surface area (Å²) in [6.07, 6.45) is 2.90. The van der Waals surface area contributed by atoms with E-state index in [0.717, 1.165) is 19.3 Å². The topological polar surface area (TPSA) is 26.3 Å². The van der Waals surface area contributed by atoms with Crippen LogP contribution in [0.4, 0.5) is 0 Å². The number of esters is 1. The molecule has 0 amide bonds. The van der Waals surface area contributed by atoms with Crippen LogP contribution >= 0.6 is 0 Å². The maximum absolute atomic E-state index is 11.7. The van der Waals surface area contributed by atoms with Crippen molar-refractivity contribution < 1.29 is 9.53 Å². The molecule has 0 heterocycles. The minimum atomic E-state index is -0.00412. The zero-order valence-electron chi connectivity index (χ0n) is 10.3. The van der Waals surface area contributed by atoms with E-state index in [9.17, 15) is 4.79 Å². The summed E-state index contributed by atoms with van der Waals surface area (Å²) in [7, 11) is 0. The molecule has 86 valence electrons. The number of allylic oxidation sites excluding steroid dienone is 2. The third-order valence-electron chi connectivity index (χ3n) is 3.04. The summed E-state index contributed by atoms with van der Waals surface area (Å²) in [5.41, 5.74) is 2.82. The van der Waals surface area contributed by atoms with Crippen LogP contribution in [-0.4, -0.2) is 12.6 Å². The number of carbonyl (C=O) groups is 1. The molecule has 0 radical (unpaired) electrons. The highest BCUT2D eigenvalue weighted by Gasteiger charge is 2.24. The van der Waals surface area contributed by atoms with Crippen LogP contribution in [0.15, 0.2) is 11.1 Å². The molecule has 0 aromatic rings. The van der Waals surface area contributed by atoms with E-state index < -0.39 is 0 Å². The van der Waals surface area contributed by atoms with Crippen LogP contribution in [0, 0.1) is 11.8 Å². The third-order valence-corrected chi connectivity index (χ3v) is 3.04. The molecule has 2 heteroatoms. The first-order valence-corrected chi connectivity index (χ1v) is 5.82. The molecular formula is C13H22O2. The molecule has 0 fully saturated rings. The van der Waals surface area contributed by atoms with Gasteiger partial charge >= 0.3 is 5.97 Å². The molecule has 0 aromatic carbocycles. The quantitative estimate of drug-likeness (QED) is 0.527. The number of rotatable bonds is 3. The van der Waals surface area contributed by atoms with Crippen molar-refractivity contribution in [3.05, 3.63) is 11.1 Å². The third kappa shape index (κ3) is 3.69.